The summed E-state index contributed by atoms with van der Waals surface area (Å²) in [5, 5.41) is 3.79. The maximum atomic E-state index is 10.3. The molecule has 4 nitrogen and oxygen atoms in total. The summed E-state index contributed by atoms with van der Waals surface area (Å²) in [5.41, 5.74) is 5.88. The summed E-state index contributed by atoms with van der Waals surface area (Å²) in [6.07, 6.45) is 3.96. The Bertz CT molecular complexity index is 215. The Balaban J connectivity index is 1.94. The maximum Gasteiger partial charge on any atom is 0.430 e. The number of nitrogens with zero attached hydrogens (tertiary/aromatic N) is 1. The van der Waals surface area contributed by atoms with E-state index in [1.165, 1.54) is 25.7 Å². The van der Waals surface area contributed by atoms with E-state index in [-0.39, 0.29) is 0 Å². The van der Waals surface area contributed by atoms with Crippen LogP contribution in [0, 0.1) is 11.8 Å². The van der Waals surface area contributed by atoms with Gasteiger partial charge in [-0.1, -0.05) is 5.16 Å². The molecule has 0 aromatic carbocycles. The van der Waals surface area contributed by atoms with Crippen LogP contribution in [0.5, 0.6) is 0 Å². The molecule has 12 heavy (non-hydrogen) atoms. The quantitative estimate of drug-likeness (QED) is 0.391. The number of hydrogen-bond acceptors (Lipinski definition) is 3. The van der Waals surface area contributed by atoms with Crippen molar-refractivity contribution >= 4 is 11.8 Å². The number of rotatable bonds is 3. The smallest absolute Gasteiger partial charge is 0.333 e. The number of carbonyl (C=O) groups is 1. The summed E-state index contributed by atoms with van der Waals surface area (Å²) < 4.78 is 0. The van der Waals surface area contributed by atoms with Gasteiger partial charge in [0, 0.05) is 11.8 Å². The van der Waals surface area contributed by atoms with Crippen molar-refractivity contribution in [3.63, 3.8) is 0 Å². The monoisotopic (exact) mass is 168 g/mol. The predicted molar refractivity (Wildman–Crippen MR) is 43.6 cm³/mol. The third-order valence-corrected chi connectivity index (χ3v) is 2.23. The lowest BCUT2D eigenvalue weighted by Crippen LogP contribution is -2.13. The lowest BCUT2D eigenvalue weighted by atomic mass is 10.2. The van der Waals surface area contributed by atoms with Gasteiger partial charge in [-0.2, -0.15) is 0 Å². The average Bonchev–Trinajstić information content (AvgIpc) is 2.83. The molecule has 0 radical (unpaired) electrons. The van der Waals surface area contributed by atoms with E-state index in [4.69, 9.17) is 5.73 Å². The molecule has 0 aromatic rings. The van der Waals surface area contributed by atoms with E-state index in [1.54, 1.807) is 0 Å². The molecule has 0 aliphatic heterocycles. The second kappa shape index (κ2) is 2.77. The first-order valence-corrected chi connectivity index (χ1v) is 4.31. The van der Waals surface area contributed by atoms with Gasteiger partial charge in [0.2, 0.25) is 0 Å². The van der Waals surface area contributed by atoms with Gasteiger partial charge in [-0.25, -0.2) is 4.79 Å². The SMILES string of the molecule is NC(=O)ON=C(C1CC1)C1CC1. The molecule has 0 aromatic heterocycles. The van der Waals surface area contributed by atoms with Gasteiger partial charge < -0.3 is 5.73 Å². The minimum Gasteiger partial charge on any atom is -0.333 e. The van der Waals surface area contributed by atoms with Crippen LogP contribution >= 0.6 is 0 Å². The van der Waals surface area contributed by atoms with Crippen LogP contribution < -0.4 is 5.73 Å². The molecule has 2 aliphatic rings. The summed E-state index contributed by atoms with van der Waals surface area (Å²) >= 11 is 0. The van der Waals surface area contributed by atoms with Gasteiger partial charge >= 0.3 is 6.09 Å². The van der Waals surface area contributed by atoms with Crippen molar-refractivity contribution < 1.29 is 9.63 Å². The molecule has 2 N–H and O–H groups in total. The number of nitrogens with two attached hydrogens (primary N) is 1. The first-order valence-electron chi connectivity index (χ1n) is 4.31. The highest BCUT2D eigenvalue weighted by molar-refractivity contribution is 5.92. The summed E-state index contributed by atoms with van der Waals surface area (Å²) in [5.74, 6) is 1.16. The van der Waals surface area contributed by atoms with Gasteiger partial charge in [0.05, 0.1) is 5.71 Å². The van der Waals surface area contributed by atoms with Crippen LogP contribution in [0.4, 0.5) is 4.79 Å². The van der Waals surface area contributed by atoms with E-state index in [9.17, 15) is 4.79 Å². The van der Waals surface area contributed by atoms with Gasteiger partial charge in [-0.15, -0.1) is 0 Å². The molecule has 2 fully saturated rings. The van der Waals surface area contributed by atoms with E-state index in [0.717, 1.165) is 5.71 Å². The minimum atomic E-state index is -0.811. The highest BCUT2D eigenvalue weighted by Crippen LogP contribution is 2.42. The van der Waals surface area contributed by atoms with Crippen LogP contribution in [0.15, 0.2) is 5.16 Å². The van der Waals surface area contributed by atoms with Crippen LogP contribution in [-0.4, -0.2) is 11.8 Å². The van der Waals surface area contributed by atoms with E-state index in [1.807, 2.05) is 0 Å². The normalized spacial score (nSPS) is 21.7. The summed E-state index contributed by atoms with van der Waals surface area (Å²) in [7, 11) is 0. The molecule has 0 heterocycles. The third kappa shape index (κ3) is 1.75. The van der Waals surface area contributed by atoms with Gasteiger partial charge in [-0.05, 0) is 25.7 Å². The molecule has 2 aliphatic carbocycles. The Morgan fingerprint density at radius 1 is 1.25 bits per heavy atom. The van der Waals surface area contributed by atoms with Crippen LogP contribution in [0.25, 0.3) is 0 Å². The molecule has 0 saturated heterocycles. The van der Waals surface area contributed by atoms with Crippen molar-refractivity contribution in [3.05, 3.63) is 0 Å². The Morgan fingerprint density at radius 2 is 1.75 bits per heavy atom. The molecule has 2 saturated carbocycles. The molecule has 4 heteroatoms. The van der Waals surface area contributed by atoms with Crippen molar-refractivity contribution in [2.24, 2.45) is 22.7 Å². The number of carbonyl (C=O) groups excluding carboxylic acids is 1. The molecular formula is C8H12N2O2. The Hall–Kier alpha value is -1.06. The van der Waals surface area contributed by atoms with Crippen molar-refractivity contribution in [1.82, 2.24) is 0 Å². The first-order chi connectivity index (χ1) is 5.77. The van der Waals surface area contributed by atoms with Crippen LogP contribution in [0.3, 0.4) is 0 Å². The Morgan fingerprint density at radius 3 is 2.08 bits per heavy atom. The fourth-order valence-electron chi connectivity index (χ4n) is 1.34. The zero-order valence-electron chi connectivity index (χ0n) is 6.82. The van der Waals surface area contributed by atoms with Gasteiger partial charge in [0.15, 0.2) is 0 Å². The van der Waals surface area contributed by atoms with Crippen LogP contribution in [0.2, 0.25) is 0 Å². The first kappa shape index (κ1) is 7.58. The number of oxime groups is 1. The molecule has 2 rings (SSSR count). The summed E-state index contributed by atoms with van der Waals surface area (Å²) in [6.45, 7) is 0. The maximum absolute atomic E-state index is 10.3. The van der Waals surface area contributed by atoms with Gasteiger partial charge in [0.25, 0.3) is 0 Å². The summed E-state index contributed by atoms with van der Waals surface area (Å²) in [6, 6.07) is 0. The van der Waals surface area contributed by atoms with Crippen molar-refractivity contribution in [2.75, 3.05) is 0 Å². The Kier molecular flexibility index (Phi) is 1.75. The fourth-order valence-corrected chi connectivity index (χ4v) is 1.34. The number of primary amides is 1. The number of amides is 1. The second-order valence-electron chi connectivity index (χ2n) is 3.48. The standard InChI is InChI=1S/C8H12N2O2/c9-8(11)12-10-7(5-1-2-5)6-3-4-6/h5-6H,1-4H2,(H2,9,11). The lowest BCUT2D eigenvalue weighted by Gasteiger charge is -1.99. The van der Waals surface area contributed by atoms with E-state index >= 15 is 0 Å². The second-order valence-corrected chi connectivity index (χ2v) is 3.48. The highest BCUT2D eigenvalue weighted by Gasteiger charge is 2.38. The van der Waals surface area contributed by atoms with Gasteiger partial charge in [0.1, 0.15) is 0 Å². The topological polar surface area (TPSA) is 64.7 Å². The molecule has 1 amide bonds. The number of hydrogen-bond donors (Lipinski definition) is 1. The fraction of sp³-hybridized carbons (Fsp3) is 0.750. The average molecular weight is 168 g/mol. The third-order valence-electron chi connectivity index (χ3n) is 2.23. The lowest BCUT2D eigenvalue weighted by molar-refractivity contribution is 0.160. The zero-order valence-corrected chi connectivity index (χ0v) is 6.82. The Labute approximate surface area is 70.7 Å². The molecular weight excluding hydrogens is 156 g/mol. The minimum absolute atomic E-state index is 0.580. The van der Waals surface area contributed by atoms with Gasteiger partial charge in [-0.3, -0.25) is 4.84 Å². The zero-order chi connectivity index (χ0) is 8.55. The van der Waals surface area contributed by atoms with E-state index in [0.29, 0.717) is 11.8 Å². The molecule has 0 atom stereocenters. The highest BCUT2D eigenvalue weighted by atomic mass is 16.7. The van der Waals surface area contributed by atoms with Crippen LogP contribution in [-0.2, 0) is 4.84 Å². The van der Waals surface area contributed by atoms with Crippen LogP contribution in [0.1, 0.15) is 25.7 Å². The molecule has 0 spiro atoms. The summed E-state index contributed by atoms with van der Waals surface area (Å²) in [4.78, 5) is 14.7. The van der Waals surface area contributed by atoms with Crippen molar-refractivity contribution in [3.8, 4) is 0 Å². The molecule has 66 valence electrons. The predicted octanol–water partition coefficient (Wildman–Crippen LogP) is 1.26. The van der Waals surface area contributed by atoms with E-state index < -0.39 is 6.09 Å². The van der Waals surface area contributed by atoms with E-state index in [2.05, 4.69) is 9.99 Å². The molecule has 0 unspecified atom stereocenters. The molecule has 0 bridgehead atoms. The largest absolute Gasteiger partial charge is 0.430 e. The van der Waals surface area contributed by atoms with Crippen molar-refractivity contribution in [2.45, 2.75) is 25.7 Å². The van der Waals surface area contributed by atoms with Crippen molar-refractivity contribution in [1.29, 1.82) is 0 Å².